The highest BCUT2D eigenvalue weighted by Gasteiger charge is 2.36. The summed E-state index contributed by atoms with van der Waals surface area (Å²) >= 11 is 0. The van der Waals surface area contributed by atoms with Crippen LogP contribution in [0.1, 0.15) is 12.8 Å². The van der Waals surface area contributed by atoms with Crippen LogP contribution in [0.15, 0.2) is 30.6 Å². The SMILES string of the molecule is O=S(=O)(Cl)CCCC[n+]1ccccc1.O=S(=O)([O-])C(F)(F)F. The molecule has 0 atom stereocenters. The number of nitrogens with zero attached hydrogens (tertiary/aromatic N) is 1. The molecule has 6 nitrogen and oxygen atoms in total. The van der Waals surface area contributed by atoms with E-state index in [0.29, 0.717) is 6.42 Å². The van der Waals surface area contributed by atoms with Crippen molar-refractivity contribution in [2.45, 2.75) is 24.9 Å². The van der Waals surface area contributed by atoms with Gasteiger partial charge < -0.3 is 4.55 Å². The zero-order valence-electron chi connectivity index (χ0n) is 11.0. The van der Waals surface area contributed by atoms with Gasteiger partial charge in [0.15, 0.2) is 22.5 Å². The van der Waals surface area contributed by atoms with Crippen molar-refractivity contribution in [3.05, 3.63) is 30.6 Å². The van der Waals surface area contributed by atoms with E-state index in [1.807, 2.05) is 35.2 Å². The van der Waals surface area contributed by atoms with E-state index in [0.717, 1.165) is 13.0 Å². The maximum atomic E-state index is 10.7. The van der Waals surface area contributed by atoms with Gasteiger partial charge in [-0.25, -0.2) is 21.4 Å². The van der Waals surface area contributed by atoms with Crippen LogP contribution in [-0.4, -0.2) is 32.6 Å². The van der Waals surface area contributed by atoms with Crippen molar-refractivity contribution in [2.24, 2.45) is 0 Å². The quantitative estimate of drug-likeness (QED) is 0.251. The molecule has 0 saturated carbocycles. The summed E-state index contributed by atoms with van der Waals surface area (Å²) in [5.41, 5.74) is -5.65. The summed E-state index contributed by atoms with van der Waals surface area (Å²) in [4.78, 5) is 0. The summed E-state index contributed by atoms with van der Waals surface area (Å²) in [7, 11) is -4.33. The molecule has 1 aromatic rings. The monoisotopic (exact) mass is 383 g/mol. The van der Waals surface area contributed by atoms with E-state index in [1.165, 1.54) is 0 Å². The van der Waals surface area contributed by atoms with Crippen LogP contribution in [0, 0.1) is 0 Å². The van der Waals surface area contributed by atoms with Crippen molar-refractivity contribution in [1.82, 2.24) is 0 Å². The number of halogens is 4. The van der Waals surface area contributed by atoms with Crippen LogP contribution >= 0.6 is 10.7 Å². The molecule has 0 aliphatic heterocycles. The lowest BCUT2D eigenvalue weighted by molar-refractivity contribution is -0.697. The molecule has 0 bridgehead atoms. The maximum Gasteiger partial charge on any atom is 0.485 e. The Morgan fingerprint density at radius 1 is 1.00 bits per heavy atom. The lowest BCUT2D eigenvalue weighted by Gasteiger charge is -2.08. The Kier molecular flexibility index (Phi) is 8.29. The number of hydrogen-bond donors (Lipinski definition) is 0. The number of alkyl halides is 3. The normalized spacial score (nSPS) is 12.4. The molecule has 12 heteroatoms. The van der Waals surface area contributed by atoms with E-state index in [9.17, 15) is 21.6 Å². The van der Waals surface area contributed by atoms with Crippen LogP contribution in [0.5, 0.6) is 0 Å². The van der Waals surface area contributed by atoms with Crippen LogP contribution < -0.4 is 4.57 Å². The molecule has 0 aromatic carbocycles. The van der Waals surface area contributed by atoms with Crippen molar-refractivity contribution < 1.29 is 39.1 Å². The summed E-state index contributed by atoms with van der Waals surface area (Å²) < 4.78 is 82.1. The van der Waals surface area contributed by atoms with Gasteiger partial charge in [0.25, 0.3) is 0 Å². The fourth-order valence-electron chi connectivity index (χ4n) is 1.15. The van der Waals surface area contributed by atoms with Crippen molar-refractivity contribution in [3.8, 4) is 0 Å². The molecule has 0 spiro atoms. The molecule has 0 fully saturated rings. The fraction of sp³-hybridized carbons (Fsp3) is 0.500. The molecule has 0 amide bonds. The van der Waals surface area contributed by atoms with E-state index in [-0.39, 0.29) is 5.75 Å². The van der Waals surface area contributed by atoms with Crippen molar-refractivity contribution >= 4 is 29.9 Å². The second-order valence-corrected chi connectivity index (χ2v) is 8.23. The smallest absolute Gasteiger partial charge is 0.485 e. The first-order valence-electron chi connectivity index (χ1n) is 5.71. The first kappa shape index (κ1) is 21.1. The molecule has 0 aliphatic rings. The van der Waals surface area contributed by atoms with E-state index in [4.69, 9.17) is 23.7 Å². The molecule has 0 saturated heterocycles. The predicted molar refractivity (Wildman–Crippen MR) is 71.3 cm³/mol. The summed E-state index contributed by atoms with van der Waals surface area (Å²) in [6.45, 7) is 0.827. The highest BCUT2D eigenvalue weighted by molar-refractivity contribution is 8.13. The summed E-state index contributed by atoms with van der Waals surface area (Å²) in [5, 5.41) is 0. The molecule has 1 rings (SSSR count). The minimum atomic E-state index is -6.09. The first-order valence-corrected chi connectivity index (χ1v) is 9.60. The van der Waals surface area contributed by atoms with Gasteiger partial charge in [-0.15, -0.1) is 0 Å². The molecule has 1 heterocycles. The minimum Gasteiger partial charge on any atom is -0.741 e. The third kappa shape index (κ3) is 10.8. The van der Waals surface area contributed by atoms with Crippen LogP contribution in [0.25, 0.3) is 0 Å². The summed E-state index contributed by atoms with van der Waals surface area (Å²) in [6, 6.07) is 5.83. The lowest BCUT2D eigenvalue weighted by Crippen LogP contribution is -2.32. The van der Waals surface area contributed by atoms with Crippen LogP contribution in [0.2, 0.25) is 0 Å². The van der Waals surface area contributed by atoms with E-state index in [1.54, 1.807) is 0 Å². The molecule has 128 valence electrons. The topological polar surface area (TPSA) is 95.2 Å². The molecule has 0 radical (unpaired) electrons. The van der Waals surface area contributed by atoms with Gasteiger partial charge in [0.1, 0.15) is 6.54 Å². The fourth-order valence-corrected chi connectivity index (χ4v) is 2.03. The molecule has 1 aromatic heterocycles. The van der Waals surface area contributed by atoms with Gasteiger partial charge in [0.05, 0.1) is 5.75 Å². The van der Waals surface area contributed by atoms with E-state index < -0.39 is 24.7 Å². The van der Waals surface area contributed by atoms with Gasteiger partial charge >= 0.3 is 5.51 Å². The van der Waals surface area contributed by atoms with Gasteiger partial charge in [-0.1, -0.05) is 6.07 Å². The van der Waals surface area contributed by atoms with Gasteiger partial charge in [-0.3, -0.25) is 0 Å². The Morgan fingerprint density at radius 3 is 1.82 bits per heavy atom. The third-order valence-electron chi connectivity index (χ3n) is 2.12. The highest BCUT2D eigenvalue weighted by atomic mass is 35.7. The molecular weight excluding hydrogens is 371 g/mol. The Morgan fingerprint density at radius 2 is 1.45 bits per heavy atom. The molecule has 0 unspecified atom stereocenters. The van der Waals surface area contributed by atoms with Gasteiger partial charge in [-0.05, 0) is 6.42 Å². The Labute approximate surface area is 130 Å². The summed E-state index contributed by atoms with van der Waals surface area (Å²) in [6.07, 6.45) is 5.33. The van der Waals surface area contributed by atoms with Gasteiger partial charge in [-0.2, -0.15) is 13.2 Å². The largest absolute Gasteiger partial charge is 0.741 e. The van der Waals surface area contributed by atoms with E-state index >= 15 is 0 Å². The standard InChI is InChI=1S/C9H13ClNO2S.CHF3O3S/c10-14(12,13)9-5-4-8-11-6-2-1-3-7-11;2-1(3,4)8(5,6)7/h1-3,6-7H,4-5,8-9H2;(H,5,6,7)/q+1;/p-1. The zero-order chi connectivity index (χ0) is 17.4. The molecular formula is C10H13ClF3NO5S2. The Hall–Kier alpha value is -0.910. The van der Waals surface area contributed by atoms with Crippen LogP contribution in [-0.2, 0) is 25.7 Å². The van der Waals surface area contributed by atoms with Gasteiger partial charge in [0.2, 0.25) is 9.05 Å². The molecule has 0 aliphatic carbocycles. The van der Waals surface area contributed by atoms with Crippen LogP contribution in [0.3, 0.4) is 0 Å². The second-order valence-electron chi connectivity index (χ2n) is 3.96. The average molecular weight is 384 g/mol. The Bertz CT molecular complexity index is 647. The Balaban J connectivity index is 0.000000472. The molecule has 0 N–H and O–H groups in total. The first-order chi connectivity index (χ1) is 9.83. The number of aromatic nitrogens is 1. The van der Waals surface area contributed by atoms with Crippen LogP contribution in [0.4, 0.5) is 13.2 Å². The third-order valence-corrected chi connectivity index (χ3v) is 3.92. The minimum absolute atomic E-state index is 0.0575. The van der Waals surface area contributed by atoms with Crippen molar-refractivity contribution in [3.63, 3.8) is 0 Å². The lowest BCUT2D eigenvalue weighted by atomic mass is 10.3. The number of unbranched alkanes of at least 4 members (excludes halogenated alkanes) is 1. The maximum absolute atomic E-state index is 10.7. The summed E-state index contributed by atoms with van der Waals surface area (Å²) in [5.74, 6) is 0.0575. The highest BCUT2D eigenvalue weighted by Crippen LogP contribution is 2.20. The average Bonchev–Trinajstić information content (AvgIpc) is 2.33. The molecule has 22 heavy (non-hydrogen) atoms. The van der Waals surface area contributed by atoms with Gasteiger partial charge in [0, 0.05) is 29.2 Å². The number of pyridine rings is 1. The van der Waals surface area contributed by atoms with E-state index in [2.05, 4.69) is 0 Å². The van der Waals surface area contributed by atoms with Crippen molar-refractivity contribution in [1.29, 1.82) is 0 Å². The number of rotatable bonds is 5. The predicted octanol–water partition coefficient (Wildman–Crippen LogP) is 1.37. The number of hydrogen-bond acceptors (Lipinski definition) is 5. The second kappa shape index (κ2) is 8.65. The number of aryl methyl sites for hydroxylation is 1. The van der Waals surface area contributed by atoms with Crippen molar-refractivity contribution in [2.75, 3.05) is 5.75 Å². The zero-order valence-corrected chi connectivity index (χ0v) is 13.4.